The smallest absolute Gasteiger partial charge is 0.411 e. The number of carbonyl (C=O) groups is 2. The predicted molar refractivity (Wildman–Crippen MR) is 154 cm³/mol. The van der Waals surface area contributed by atoms with Crippen molar-refractivity contribution in [1.29, 1.82) is 0 Å². The molecule has 1 fully saturated rings. The van der Waals surface area contributed by atoms with Crippen molar-refractivity contribution < 1.29 is 14.3 Å². The topological polar surface area (TPSA) is 97.6 Å². The van der Waals surface area contributed by atoms with Crippen molar-refractivity contribution in [2.24, 2.45) is 5.73 Å². The maximum atomic E-state index is 13.4. The van der Waals surface area contributed by atoms with E-state index in [2.05, 4.69) is 10.3 Å². The third-order valence-electron chi connectivity index (χ3n) is 6.99. The molecule has 3 aromatic rings. The zero-order valence-corrected chi connectivity index (χ0v) is 23.8. The van der Waals surface area contributed by atoms with Crippen molar-refractivity contribution in [1.82, 2.24) is 15.2 Å². The molecule has 7 heteroatoms. The summed E-state index contributed by atoms with van der Waals surface area (Å²) < 4.78 is 6.21. The van der Waals surface area contributed by atoms with Gasteiger partial charge in [-0.15, -0.1) is 0 Å². The van der Waals surface area contributed by atoms with Gasteiger partial charge in [-0.25, -0.2) is 4.79 Å². The third-order valence-corrected chi connectivity index (χ3v) is 6.99. The van der Waals surface area contributed by atoms with Crippen LogP contribution in [-0.2, 0) is 10.3 Å². The van der Waals surface area contributed by atoms with Gasteiger partial charge in [-0.3, -0.25) is 9.78 Å². The number of carbonyl (C=O) groups excluding carboxylic acids is 2. The van der Waals surface area contributed by atoms with E-state index in [-0.39, 0.29) is 23.6 Å². The monoisotopic (exact) mass is 528 g/mol. The minimum absolute atomic E-state index is 0.148. The molecular formula is C32H40N4O3. The number of nitrogens with zero attached hydrogens (tertiary/aromatic N) is 2. The zero-order valence-electron chi connectivity index (χ0n) is 23.8. The van der Waals surface area contributed by atoms with Crippen molar-refractivity contribution in [2.75, 3.05) is 6.54 Å². The Morgan fingerprint density at radius 3 is 2.26 bits per heavy atom. The number of hydrogen-bond acceptors (Lipinski definition) is 5. The molecule has 0 unspecified atom stereocenters. The highest BCUT2D eigenvalue weighted by atomic mass is 16.6. The number of rotatable bonds is 7. The summed E-state index contributed by atoms with van der Waals surface area (Å²) in [7, 11) is 0. The van der Waals surface area contributed by atoms with E-state index in [0.29, 0.717) is 24.9 Å². The summed E-state index contributed by atoms with van der Waals surface area (Å²) >= 11 is 0. The first kappa shape index (κ1) is 28.3. The van der Waals surface area contributed by atoms with Crippen LogP contribution in [0.25, 0.3) is 11.3 Å². The lowest BCUT2D eigenvalue weighted by atomic mass is 9.79. The molecular weight excluding hydrogens is 488 g/mol. The molecule has 2 amide bonds. The molecule has 2 atom stereocenters. The molecule has 1 aromatic heterocycles. The summed E-state index contributed by atoms with van der Waals surface area (Å²) in [4.78, 5) is 32.0. The van der Waals surface area contributed by atoms with E-state index in [1.165, 1.54) is 0 Å². The molecule has 1 aliphatic heterocycles. The lowest BCUT2D eigenvalue weighted by molar-refractivity contribution is -0.0739. The summed E-state index contributed by atoms with van der Waals surface area (Å²) in [5.41, 5.74) is 9.04. The van der Waals surface area contributed by atoms with E-state index in [9.17, 15) is 9.59 Å². The number of ether oxygens (including phenoxy) is 1. The van der Waals surface area contributed by atoms with Gasteiger partial charge >= 0.3 is 6.09 Å². The summed E-state index contributed by atoms with van der Waals surface area (Å²) in [6.45, 7) is 12.3. The Balaban J connectivity index is 1.47. The molecule has 0 spiro atoms. The van der Waals surface area contributed by atoms with Gasteiger partial charge in [0, 0.05) is 42.2 Å². The summed E-state index contributed by atoms with van der Waals surface area (Å²) in [6.07, 6.45) is 2.45. The molecule has 1 saturated heterocycles. The van der Waals surface area contributed by atoms with Gasteiger partial charge in [0.05, 0.1) is 17.3 Å². The first-order chi connectivity index (χ1) is 18.3. The lowest BCUT2D eigenvalue weighted by Crippen LogP contribution is -2.52. The van der Waals surface area contributed by atoms with Crippen LogP contribution in [0, 0.1) is 0 Å². The van der Waals surface area contributed by atoms with Gasteiger partial charge in [0.15, 0.2) is 0 Å². The van der Waals surface area contributed by atoms with Gasteiger partial charge in [0.25, 0.3) is 5.91 Å². The van der Waals surface area contributed by atoms with Gasteiger partial charge in [-0.1, -0.05) is 54.6 Å². The Hall–Kier alpha value is -3.71. The highest BCUT2D eigenvalue weighted by Crippen LogP contribution is 2.42. The van der Waals surface area contributed by atoms with Crippen LogP contribution in [0.3, 0.4) is 0 Å². The molecule has 0 bridgehead atoms. The maximum Gasteiger partial charge on any atom is 0.411 e. The number of amides is 2. The first-order valence-electron chi connectivity index (χ1n) is 13.5. The molecule has 39 heavy (non-hydrogen) atoms. The summed E-state index contributed by atoms with van der Waals surface area (Å²) in [5, 5.41) is 2.95. The SMILES string of the molecule is C[C@@H](c1ccc(-c2ccc(C(=O)NC(C)(C)C)cn2)cc1)N1CC[C@](CC(C)(C)N)(c2ccccc2)OC1=O. The van der Waals surface area contributed by atoms with Gasteiger partial charge in [-0.05, 0) is 64.8 Å². The van der Waals surface area contributed by atoms with Crippen LogP contribution in [-0.4, -0.2) is 39.5 Å². The number of nitrogens with two attached hydrogens (primary N) is 1. The highest BCUT2D eigenvalue weighted by molar-refractivity contribution is 5.94. The van der Waals surface area contributed by atoms with E-state index in [0.717, 1.165) is 22.4 Å². The van der Waals surface area contributed by atoms with Crippen molar-refractivity contribution in [3.05, 3.63) is 89.6 Å². The number of nitrogens with one attached hydrogen (secondary N) is 1. The zero-order chi connectivity index (χ0) is 28.4. The fraction of sp³-hybridized carbons (Fsp3) is 0.406. The standard InChI is InChI=1S/C32H40N4O3/c1-22(36-19-18-32(39-29(36)38,21-31(5,6)33)26-10-8-7-9-11-26)23-12-14-24(15-13-23)27-17-16-25(20-34-27)28(37)35-30(2,3)4/h7-17,20,22H,18-19,21,33H2,1-6H3,(H,35,37)/t22-,32-/m0/s1. The highest BCUT2D eigenvalue weighted by Gasteiger charge is 2.45. The second-order valence-corrected chi connectivity index (χ2v) is 12.3. The average Bonchev–Trinajstić information content (AvgIpc) is 2.87. The quantitative estimate of drug-likeness (QED) is 0.380. The fourth-order valence-electron chi connectivity index (χ4n) is 5.15. The van der Waals surface area contributed by atoms with Crippen molar-refractivity contribution in [3.8, 4) is 11.3 Å². The number of pyridine rings is 1. The van der Waals surface area contributed by atoms with E-state index < -0.39 is 11.1 Å². The Morgan fingerprint density at radius 2 is 1.72 bits per heavy atom. The molecule has 2 aromatic carbocycles. The molecule has 3 N–H and O–H groups in total. The van der Waals surface area contributed by atoms with Crippen LogP contribution in [0.2, 0.25) is 0 Å². The first-order valence-corrected chi connectivity index (χ1v) is 13.5. The minimum atomic E-state index is -0.752. The molecule has 1 aliphatic rings. The molecule has 7 nitrogen and oxygen atoms in total. The van der Waals surface area contributed by atoms with Crippen LogP contribution >= 0.6 is 0 Å². The van der Waals surface area contributed by atoms with E-state index >= 15 is 0 Å². The van der Waals surface area contributed by atoms with Gasteiger partial charge < -0.3 is 20.7 Å². The molecule has 0 saturated carbocycles. The van der Waals surface area contributed by atoms with Crippen LogP contribution in [0.4, 0.5) is 4.79 Å². The molecule has 2 heterocycles. The largest absolute Gasteiger partial charge is 0.438 e. The van der Waals surface area contributed by atoms with Crippen LogP contribution < -0.4 is 11.1 Å². The second kappa shape index (κ2) is 10.8. The van der Waals surface area contributed by atoms with Crippen LogP contribution in [0.5, 0.6) is 0 Å². The molecule has 4 rings (SSSR count). The molecule has 206 valence electrons. The normalized spacial score (nSPS) is 18.8. The minimum Gasteiger partial charge on any atom is -0.438 e. The predicted octanol–water partition coefficient (Wildman–Crippen LogP) is 6.20. The van der Waals surface area contributed by atoms with E-state index in [1.807, 2.05) is 102 Å². The van der Waals surface area contributed by atoms with Crippen molar-refractivity contribution in [3.63, 3.8) is 0 Å². The third kappa shape index (κ3) is 6.84. The Morgan fingerprint density at radius 1 is 1.05 bits per heavy atom. The van der Waals surface area contributed by atoms with E-state index in [1.54, 1.807) is 17.2 Å². The Labute approximate surface area is 231 Å². The van der Waals surface area contributed by atoms with Gasteiger partial charge in [0.1, 0.15) is 5.60 Å². The van der Waals surface area contributed by atoms with Gasteiger partial charge in [-0.2, -0.15) is 0 Å². The van der Waals surface area contributed by atoms with Crippen LogP contribution in [0.15, 0.2) is 72.9 Å². The van der Waals surface area contributed by atoms with Crippen molar-refractivity contribution >= 4 is 12.0 Å². The second-order valence-electron chi connectivity index (χ2n) is 12.3. The fourth-order valence-corrected chi connectivity index (χ4v) is 5.15. The number of benzene rings is 2. The van der Waals surface area contributed by atoms with Crippen LogP contribution in [0.1, 0.15) is 81.9 Å². The number of aromatic nitrogens is 1. The average molecular weight is 529 g/mol. The Bertz CT molecular complexity index is 1290. The maximum absolute atomic E-state index is 13.4. The molecule has 0 radical (unpaired) electrons. The number of cyclic esters (lactones) is 1. The van der Waals surface area contributed by atoms with E-state index in [4.69, 9.17) is 10.5 Å². The summed E-state index contributed by atoms with van der Waals surface area (Å²) in [6, 6.07) is 21.4. The van der Waals surface area contributed by atoms with Crippen molar-refractivity contribution in [2.45, 2.75) is 77.1 Å². The molecule has 0 aliphatic carbocycles. The Kier molecular flexibility index (Phi) is 7.84. The number of hydrogen-bond donors (Lipinski definition) is 2. The lowest BCUT2D eigenvalue weighted by Gasteiger charge is -2.45. The van der Waals surface area contributed by atoms with Gasteiger partial charge in [0.2, 0.25) is 0 Å². The summed E-state index contributed by atoms with van der Waals surface area (Å²) in [5.74, 6) is -0.148.